The van der Waals surface area contributed by atoms with Crippen LogP contribution in [0.2, 0.25) is 5.02 Å². The molecule has 1 fully saturated rings. The predicted octanol–water partition coefficient (Wildman–Crippen LogP) is 2.94. The number of nitrogens with zero attached hydrogens (tertiary/aromatic N) is 2. The van der Waals surface area contributed by atoms with Gasteiger partial charge < -0.3 is 10.5 Å². The van der Waals surface area contributed by atoms with E-state index in [0.717, 1.165) is 55.2 Å². The predicted molar refractivity (Wildman–Crippen MR) is 82.1 cm³/mol. The standard InChI is InChI=1S/C15H26ClN3O/c1-4-19-14(15(16)10(3)18-19)9-12(17)6-11-7-13(8-11)20-5-2/h11-13H,4-9,17H2,1-3H3. The van der Waals surface area contributed by atoms with Crippen LogP contribution in [0.4, 0.5) is 0 Å². The normalized spacial score (nSPS) is 23.6. The van der Waals surface area contributed by atoms with Crippen LogP contribution in [0.1, 0.15) is 44.5 Å². The molecular formula is C15H26ClN3O. The Morgan fingerprint density at radius 1 is 1.45 bits per heavy atom. The molecule has 114 valence electrons. The van der Waals surface area contributed by atoms with Gasteiger partial charge in [-0.1, -0.05) is 11.6 Å². The lowest BCUT2D eigenvalue weighted by Crippen LogP contribution is -2.36. The summed E-state index contributed by atoms with van der Waals surface area (Å²) in [5, 5.41) is 5.22. The third-order valence-corrected chi connectivity index (χ3v) is 4.63. The highest BCUT2D eigenvalue weighted by atomic mass is 35.5. The number of hydrogen-bond donors (Lipinski definition) is 1. The first-order valence-corrected chi connectivity index (χ1v) is 8.01. The second-order valence-electron chi connectivity index (χ2n) is 5.78. The molecule has 0 spiro atoms. The third-order valence-electron chi connectivity index (χ3n) is 4.14. The average molecular weight is 300 g/mol. The van der Waals surface area contributed by atoms with Gasteiger partial charge >= 0.3 is 0 Å². The third kappa shape index (κ3) is 3.54. The van der Waals surface area contributed by atoms with Gasteiger partial charge in [-0.2, -0.15) is 5.10 Å². The summed E-state index contributed by atoms with van der Waals surface area (Å²) in [5.74, 6) is 0.708. The molecule has 1 heterocycles. The fourth-order valence-electron chi connectivity index (χ4n) is 3.06. The summed E-state index contributed by atoms with van der Waals surface area (Å²) in [6, 6.07) is 0.154. The summed E-state index contributed by atoms with van der Waals surface area (Å²) < 4.78 is 7.56. The van der Waals surface area contributed by atoms with Crippen molar-refractivity contribution in [1.29, 1.82) is 0 Å². The maximum absolute atomic E-state index is 6.33. The maximum Gasteiger partial charge on any atom is 0.0847 e. The van der Waals surface area contributed by atoms with Crippen LogP contribution in [0.3, 0.4) is 0 Å². The lowest BCUT2D eigenvalue weighted by Gasteiger charge is -2.36. The monoisotopic (exact) mass is 299 g/mol. The largest absolute Gasteiger partial charge is 0.378 e. The Morgan fingerprint density at radius 3 is 2.75 bits per heavy atom. The molecule has 0 saturated heterocycles. The molecule has 20 heavy (non-hydrogen) atoms. The maximum atomic E-state index is 6.33. The van der Waals surface area contributed by atoms with Gasteiger partial charge in [0.15, 0.2) is 0 Å². The van der Waals surface area contributed by atoms with E-state index in [1.165, 1.54) is 0 Å². The van der Waals surface area contributed by atoms with Crippen LogP contribution in [0.5, 0.6) is 0 Å². The minimum absolute atomic E-state index is 0.154. The Hall–Kier alpha value is -0.580. The molecule has 0 radical (unpaired) electrons. The van der Waals surface area contributed by atoms with Gasteiger partial charge in [-0.15, -0.1) is 0 Å². The van der Waals surface area contributed by atoms with E-state index in [1.807, 2.05) is 11.6 Å². The zero-order chi connectivity index (χ0) is 14.7. The Morgan fingerprint density at radius 2 is 2.15 bits per heavy atom. The van der Waals surface area contributed by atoms with Crippen LogP contribution in [-0.4, -0.2) is 28.5 Å². The first-order chi connectivity index (χ1) is 9.55. The smallest absolute Gasteiger partial charge is 0.0847 e. The van der Waals surface area contributed by atoms with Crippen LogP contribution >= 0.6 is 11.6 Å². The summed E-state index contributed by atoms with van der Waals surface area (Å²) in [6.07, 6.45) is 4.63. The first-order valence-electron chi connectivity index (χ1n) is 7.64. The molecule has 1 aliphatic carbocycles. The Bertz CT molecular complexity index is 441. The van der Waals surface area contributed by atoms with Crippen molar-refractivity contribution in [2.75, 3.05) is 6.61 Å². The van der Waals surface area contributed by atoms with Crippen molar-refractivity contribution in [2.45, 2.75) is 65.1 Å². The number of aryl methyl sites for hydroxylation is 2. The first kappa shape index (κ1) is 15.8. The number of nitrogens with two attached hydrogens (primary N) is 1. The van der Waals surface area contributed by atoms with Crippen molar-refractivity contribution in [2.24, 2.45) is 11.7 Å². The summed E-state index contributed by atoms with van der Waals surface area (Å²) in [5.41, 5.74) is 8.28. The van der Waals surface area contributed by atoms with Crippen molar-refractivity contribution in [3.63, 3.8) is 0 Å². The van der Waals surface area contributed by atoms with E-state index in [-0.39, 0.29) is 6.04 Å². The highest BCUT2D eigenvalue weighted by Gasteiger charge is 2.31. The van der Waals surface area contributed by atoms with E-state index >= 15 is 0 Å². The van der Waals surface area contributed by atoms with Gasteiger partial charge in [0.1, 0.15) is 0 Å². The van der Waals surface area contributed by atoms with E-state index in [4.69, 9.17) is 22.1 Å². The number of hydrogen-bond acceptors (Lipinski definition) is 3. The molecule has 1 unspecified atom stereocenters. The molecule has 4 nitrogen and oxygen atoms in total. The van der Waals surface area contributed by atoms with E-state index in [2.05, 4.69) is 18.9 Å². The van der Waals surface area contributed by atoms with Crippen molar-refractivity contribution in [3.05, 3.63) is 16.4 Å². The zero-order valence-electron chi connectivity index (χ0n) is 12.7. The summed E-state index contributed by atoms with van der Waals surface area (Å²) in [7, 11) is 0. The lowest BCUT2D eigenvalue weighted by molar-refractivity contribution is -0.0281. The van der Waals surface area contributed by atoms with Crippen LogP contribution in [0.15, 0.2) is 0 Å². The molecule has 1 saturated carbocycles. The Kier molecular flexibility index (Phi) is 5.47. The lowest BCUT2D eigenvalue weighted by atomic mass is 9.78. The molecule has 0 bridgehead atoms. The van der Waals surface area contributed by atoms with Gasteiger partial charge in [-0.3, -0.25) is 4.68 Å². The van der Waals surface area contributed by atoms with Gasteiger partial charge in [0, 0.05) is 25.6 Å². The fourth-order valence-corrected chi connectivity index (χ4v) is 3.28. The van der Waals surface area contributed by atoms with E-state index < -0.39 is 0 Å². The molecule has 1 atom stereocenters. The molecule has 0 aliphatic heterocycles. The molecule has 1 aliphatic rings. The van der Waals surface area contributed by atoms with Gasteiger partial charge in [-0.25, -0.2) is 0 Å². The fraction of sp³-hybridized carbons (Fsp3) is 0.800. The van der Waals surface area contributed by atoms with Crippen LogP contribution in [-0.2, 0) is 17.7 Å². The summed E-state index contributed by atoms with van der Waals surface area (Å²) >= 11 is 6.33. The van der Waals surface area contributed by atoms with Gasteiger partial charge in [0.25, 0.3) is 0 Å². The number of halogens is 1. The summed E-state index contributed by atoms with van der Waals surface area (Å²) in [6.45, 7) is 7.73. The molecule has 1 aromatic heterocycles. The van der Waals surface area contributed by atoms with E-state index in [1.54, 1.807) is 0 Å². The van der Waals surface area contributed by atoms with Crippen LogP contribution < -0.4 is 5.73 Å². The molecular weight excluding hydrogens is 274 g/mol. The second-order valence-corrected chi connectivity index (χ2v) is 6.15. The number of rotatable bonds is 7. The highest BCUT2D eigenvalue weighted by molar-refractivity contribution is 6.31. The minimum atomic E-state index is 0.154. The Balaban J connectivity index is 1.85. The van der Waals surface area contributed by atoms with Gasteiger partial charge in [0.05, 0.1) is 22.5 Å². The summed E-state index contributed by atoms with van der Waals surface area (Å²) in [4.78, 5) is 0. The topological polar surface area (TPSA) is 53.1 Å². The molecule has 0 aromatic carbocycles. The number of ether oxygens (including phenoxy) is 1. The average Bonchev–Trinajstić information content (AvgIpc) is 2.64. The molecule has 0 amide bonds. The number of aromatic nitrogens is 2. The molecule has 5 heteroatoms. The quantitative estimate of drug-likeness (QED) is 0.842. The highest BCUT2D eigenvalue weighted by Crippen LogP contribution is 2.34. The Labute approximate surface area is 126 Å². The van der Waals surface area contributed by atoms with Gasteiger partial charge in [0.2, 0.25) is 0 Å². The van der Waals surface area contributed by atoms with Crippen molar-refractivity contribution in [1.82, 2.24) is 9.78 Å². The zero-order valence-corrected chi connectivity index (χ0v) is 13.5. The minimum Gasteiger partial charge on any atom is -0.378 e. The van der Waals surface area contributed by atoms with Crippen molar-refractivity contribution in [3.8, 4) is 0 Å². The van der Waals surface area contributed by atoms with Crippen molar-refractivity contribution >= 4 is 11.6 Å². The van der Waals surface area contributed by atoms with E-state index in [0.29, 0.717) is 12.0 Å². The van der Waals surface area contributed by atoms with Gasteiger partial charge in [-0.05, 0) is 46.0 Å². The van der Waals surface area contributed by atoms with Crippen LogP contribution in [0.25, 0.3) is 0 Å². The second kappa shape index (κ2) is 6.92. The molecule has 1 aromatic rings. The molecule has 2 rings (SSSR count). The van der Waals surface area contributed by atoms with Crippen molar-refractivity contribution < 1.29 is 4.74 Å². The van der Waals surface area contributed by atoms with Crippen LogP contribution in [0, 0.1) is 12.8 Å². The molecule has 2 N–H and O–H groups in total. The SMILES string of the molecule is CCOC1CC(CC(N)Cc2c(Cl)c(C)nn2CC)C1. The van der Waals surface area contributed by atoms with E-state index in [9.17, 15) is 0 Å².